The minimum Gasteiger partial charge on any atom is -0.444 e. The van der Waals surface area contributed by atoms with Crippen LogP contribution in [0.5, 0.6) is 0 Å². The van der Waals surface area contributed by atoms with Gasteiger partial charge in [0, 0.05) is 20.1 Å². The molecule has 130 valence electrons. The largest absolute Gasteiger partial charge is 0.444 e. The van der Waals surface area contributed by atoms with Crippen LogP contribution in [0.2, 0.25) is 0 Å². The van der Waals surface area contributed by atoms with Gasteiger partial charge in [0.15, 0.2) is 0 Å². The first-order chi connectivity index (χ1) is 10.2. The first-order valence-electron chi connectivity index (χ1n) is 8.50. The van der Waals surface area contributed by atoms with Crippen molar-refractivity contribution in [3.63, 3.8) is 0 Å². The van der Waals surface area contributed by atoms with E-state index in [9.17, 15) is 4.79 Å². The highest BCUT2D eigenvalue weighted by Gasteiger charge is 2.21. The van der Waals surface area contributed by atoms with Crippen LogP contribution in [0.3, 0.4) is 0 Å². The van der Waals surface area contributed by atoms with Gasteiger partial charge in [0.1, 0.15) is 5.60 Å². The summed E-state index contributed by atoms with van der Waals surface area (Å²) in [6.45, 7) is 13.0. The molecular weight excluding hydrogens is 278 g/mol. The molecule has 1 rings (SSSR count). The molecule has 1 aliphatic rings. The van der Waals surface area contributed by atoms with Crippen LogP contribution in [0.25, 0.3) is 0 Å². The Morgan fingerprint density at radius 3 is 2.73 bits per heavy atom. The number of carbonyl (C=O) groups is 1. The number of rotatable bonds is 6. The number of nitrogens with zero attached hydrogens (tertiary/aromatic N) is 2. The maximum absolute atomic E-state index is 11.9. The Hall–Kier alpha value is -0.810. The van der Waals surface area contributed by atoms with Crippen molar-refractivity contribution < 1.29 is 9.53 Å². The standard InChI is InChI=1S/C17H35N3O2/c1-14(12-20(6)16(21)22-17(2,3)4)10-18-11-15-8-7-9-19(5)13-15/h14-15,18H,7-13H2,1-6H3. The molecule has 1 saturated heterocycles. The number of piperidine rings is 1. The molecule has 0 aromatic rings. The number of carbonyl (C=O) groups excluding carboxylic acids is 1. The Morgan fingerprint density at radius 2 is 2.14 bits per heavy atom. The minimum absolute atomic E-state index is 0.242. The summed E-state index contributed by atoms with van der Waals surface area (Å²) in [4.78, 5) is 16.0. The molecule has 5 heteroatoms. The first-order valence-corrected chi connectivity index (χ1v) is 8.50. The average Bonchev–Trinajstić information content (AvgIpc) is 2.36. The van der Waals surface area contributed by atoms with Gasteiger partial charge in [-0.1, -0.05) is 6.92 Å². The summed E-state index contributed by atoms with van der Waals surface area (Å²) in [5, 5.41) is 3.56. The number of hydrogen-bond acceptors (Lipinski definition) is 4. The predicted octanol–water partition coefficient (Wildman–Crippen LogP) is 2.42. The van der Waals surface area contributed by atoms with E-state index in [4.69, 9.17) is 4.74 Å². The summed E-state index contributed by atoms with van der Waals surface area (Å²) >= 11 is 0. The Bertz CT molecular complexity index is 341. The zero-order valence-corrected chi connectivity index (χ0v) is 15.3. The molecule has 1 fully saturated rings. The molecule has 0 radical (unpaired) electrons. The van der Waals surface area contributed by atoms with Crippen LogP contribution in [0.1, 0.15) is 40.5 Å². The molecule has 1 heterocycles. The molecule has 0 aromatic heterocycles. The maximum Gasteiger partial charge on any atom is 0.410 e. The smallest absolute Gasteiger partial charge is 0.410 e. The summed E-state index contributed by atoms with van der Waals surface area (Å²) in [6, 6.07) is 0. The summed E-state index contributed by atoms with van der Waals surface area (Å²) in [5.41, 5.74) is -0.431. The van der Waals surface area contributed by atoms with Crippen molar-refractivity contribution in [3.8, 4) is 0 Å². The van der Waals surface area contributed by atoms with Gasteiger partial charge in [-0.25, -0.2) is 4.79 Å². The van der Waals surface area contributed by atoms with E-state index >= 15 is 0 Å². The van der Waals surface area contributed by atoms with Gasteiger partial charge in [-0.05, 0) is 72.1 Å². The van der Waals surface area contributed by atoms with E-state index in [1.807, 2.05) is 20.8 Å². The number of nitrogens with one attached hydrogen (secondary N) is 1. The SMILES string of the molecule is CC(CNCC1CCCN(C)C1)CN(C)C(=O)OC(C)(C)C. The summed E-state index contributed by atoms with van der Waals surface area (Å²) in [6.07, 6.45) is 2.39. The van der Waals surface area contributed by atoms with E-state index < -0.39 is 5.60 Å². The first kappa shape index (κ1) is 19.2. The molecule has 1 aliphatic heterocycles. The lowest BCUT2D eigenvalue weighted by atomic mass is 9.98. The molecule has 0 bridgehead atoms. The van der Waals surface area contributed by atoms with Gasteiger partial charge in [0.25, 0.3) is 0 Å². The molecule has 22 heavy (non-hydrogen) atoms. The van der Waals surface area contributed by atoms with Crippen molar-refractivity contribution in [2.45, 2.75) is 46.1 Å². The normalized spacial score (nSPS) is 21.5. The van der Waals surface area contributed by atoms with Crippen LogP contribution in [0.15, 0.2) is 0 Å². The quantitative estimate of drug-likeness (QED) is 0.818. The Morgan fingerprint density at radius 1 is 1.45 bits per heavy atom. The van der Waals surface area contributed by atoms with Gasteiger partial charge in [0.05, 0.1) is 0 Å². The Balaban J connectivity index is 2.19. The van der Waals surface area contributed by atoms with Gasteiger partial charge in [-0.15, -0.1) is 0 Å². The van der Waals surface area contributed by atoms with Crippen molar-refractivity contribution >= 4 is 6.09 Å². The summed E-state index contributed by atoms with van der Waals surface area (Å²) in [5.74, 6) is 1.17. The third-order valence-electron chi connectivity index (χ3n) is 3.94. The zero-order chi connectivity index (χ0) is 16.8. The van der Waals surface area contributed by atoms with Crippen LogP contribution in [-0.2, 0) is 4.74 Å². The average molecular weight is 313 g/mol. The molecule has 2 atom stereocenters. The van der Waals surface area contributed by atoms with Gasteiger partial charge in [0.2, 0.25) is 0 Å². The lowest BCUT2D eigenvalue weighted by molar-refractivity contribution is 0.0276. The topological polar surface area (TPSA) is 44.8 Å². The molecule has 1 amide bonds. The highest BCUT2D eigenvalue weighted by molar-refractivity contribution is 5.67. The fourth-order valence-electron chi connectivity index (χ4n) is 2.92. The minimum atomic E-state index is -0.431. The van der Waals surface area contributed by atoms with Crippen LogP contribution in [0.4, 0.5) is 4.79 Å². The van der Waals surface area contributed by atoms with E-state index in [1.165, 1.54) is 25.9 Å². The Labute approximate surface area is 136 Å². The third-order valence-corrected chi connectivity index (χ3v) is 3.94. The van der Waals surface area contributed by atoms with Crippen molar-refractivity contribution in [2.24, 2.45) is 11.8 Å². The zero-order valence-electron chi connectivity index (χ0n) is 15.3. The summed E-state index contributed by atoms with van der Waals surface area (Å²) < 4.78 is 5.37. The molecule has 5 nitrogen and oxygen atoms in total. The number of hydrogen-bond donors (Lipinski definition) is 1. The lowest BCUT2D eigenvalue weighted by Crippen LogP contribution is -2.41. The van der Waals surface area contributed by atoms with Crippen LogP contribution < -0.4 is 5.32 Å². The maximum atomic E-state index is 11.9. The third kappa shape index (κ3) is 7.99. The second kappa shape index (κ2) is 8.73. The number of ether oxygens (including phenoxy) is 1. The van der Waals surface area contributed by atoms with Crippen molar-refractivity contribution in [1.82, 2.24) is 15.1 Å². The van der Waals surface area contributed by atoms with Gasteiger partial charge < -0.3 is 19.9 Å². The van der Waals surface area contributed by atoms with E-state index in [2.05, 4.69) is 24.2 Å². The Kier molecular flexibility index (Phi) is 7.63. The second-order valence-corrected chi connectivity index (χ2v) is 7.89. The van der Waals surface area contributed by atoms with Gasteiger partial charge in [-0.2, -0.15) is 0 Å². The summed E-state index contributed by atoms with van der Waals surface area (Å²) in [7, 11) is 4.01. The predicted molar refractivity (Wildman–Crippen MR) is 91.1 cm³/mol. The highest BCUT2D eigenvalue weighted by atomic mass is 16.6. The molecule has 1 N–H and O–H groups in total. The van der Waals surface area contributed by atoms with Crippen LogP contribution in [-0.4, -0.2) is 68.3 Å². The van der Waals surface area contributed by atoms with E-state index in [0.717, 1.165) is 19.0 Å². The van der Waals surface area contributed by atoms with Crippen LogP contribution in [0, 0.1) is 11.8 Å². The second-order valence-electron chi connectivity index (χ2n) is 7.89. The van der Waals surface area contributed by atoms with Gasteiger partial charge in [-0.3, -0.25) is 0 Å². The van der Waals surface area contributed by atoms with Crippen molar-refractivity contribution in [1.29, 1.82) is 0 Å². The molecule has 0 saturated carbocycles. The number of amides is 1. The van der Waals surface area contributed by atoms with E-state index in [-0.39, 0.29) is 6.09 Å². The molecule has 0 aromatic carbocycles. The molecule has 0 aliphatic carbocycles. The monoisotopic (exact) mass is 313 g/mol. The molecule has 0 spiro atoms. The van der Waals surface area contributed by atoms with Gasteiger partial charge >= 0.3 is 6.09 Å². The fourth-order valence-corrected chi connectivity index (χ4v) is 2.92. The molecule has 2 unspecified atom stereocenters. The van der Waals surface area contributed by atoms with Crippen molar-refractivity contribution in [2.75, 3.05) is 46.8 Å². The van der Waals surface area contributed by atoms with E-state index in [1.54, 1.807) is 11.9 Å². The van der Waals surface area contributed by atoms with Crippen LogP contribution >= 0.6 is 0 Å². The lowest BCUT2D eigenvalue weighted by Gasteiger charge is -2.30. The highest BCUT2D eigenvalue weighted by Crippen LogP contribution is 2.14. The fraction of sp³-hybridized carbons (Fsp3) is 0.941. The number of likely N-dealkylation sites (tertiary alicyclic amines) is 1. The molecular formula is C17H35N3O2. The van der Waals surface area contributed by atoms with E-state index in [0.29, 0.717) is 12.5 Å². The van der Waals surface area contributed by atoms with Crippen molar-refractivity contribution in [3.05, 3.63) is 0 Å².